The Bertz CT molecular complexity index is 684. The van der Waals surface area contributed by atoms with Gasteiger partial charge >= 0.3 is 0 Å². The maximum atomic E-state index is 5.79. The highest BCUT2D eigenvalue weighted by molar-refractivity contribution is 7.56. The minimum absolute atomic E-state index is 0.278. The molecule has 1 unspecified atom stereocenters. The van der Waals surface area contributed by atoms with Crippen molar-refractivity contribution in [1.82, 2.24) is 4.90 Å². The van der Waals surface area contributed by atoms with E-state index < -0.39 is 0 Å². The maximum absolute atomic E-state index is 5.79. The van der Waals surface area contributed by atoms with Crippen LogP contribution in [-0.4, -0.2) is 31.9 Å². The summed E-state index contributed by atoms with van der Waals surface area (Å²) in [6.07, 6.45) is 0. The molecule has 3 nitrogen and oxygen atoms in total. The Morgan fingerprint density at radius 1 is 1.04 bits per heavy atom. The molecular formula is C21H30NO2P. The van der Waals surface area contributed by atoms with Crippen molar-refractivity contribution in [3.8, 4) is 5.75 Å². The Labute approximate surface area is 154 Å². The van der Waals surface area contributed by atoms with Crippen LogP contribution in [-0.2, 0) is 11.3 Å². The highest BCUT2D eigenvalue weighted by Crippen LogP contribution is 2.24. The van der Waals surface area contributed by atoms with Gasteiger partial charge in [-0.1, -0.05) is 52.3 Å². The lowest BCUT2D eigenvalue weighted by Crippen LogP contribution is -2.26. The lowest BCUT2D eigenvalue weighted by atomic mass is 10.1. The zero-order valence-corrected chi connectivity index (χ0v) is 17.1. The first kappa shape index (κ1) is 19.9. The lowest BCUT2D eigenvalue weighted by Gasteiger charge is -2.22. The van der Waals surface area contributed by atoms with Crippen LogP contribution >= 0.6 is 8.58 Å². The van der Waals surface area contributed by atoms with Gasteiger partial charge in [-0.2, -0.15) is 0 Å². The summed E-state index contributed by atoms with van der Waals surface area (Å²) in [5.41, 5.74) is 4.02. The molecule has 2 aromatic carbocycles. The number of rotatable bonds is 9. The zero-order chi connectivity index (χ0) is 18.2. The van der Waals surface area contributed by atoms with E-state index in [0.717, 1.165) is 25.4 Å². The second-order valence-electron chi connectivity index (χ2n) is 6.25. The average Bonchev–Trinajstić information content (AvgIpc) is 2.61. The smallest absolute Gasteiger partial charge is 0.188 e. The van der Waals surface area contributed by atoms with Crippen molar-refractivity contribution in [1.29, 1.82) is 0 Å². The lowest BCUT2D eigenvalue weighted by molar-refractivity contribution is 0.0519. The van der Waals surface area contributed by atoms with Gasteiger partial charge in [-0.05, 0) is 55.5 Å². The molecule has 136 valence electrons. The first-order valence-corrected chi connectivity index (χ1v) is 9.89. The summed E-state index contributed by atoms with van der Waals surface area (Å²) in [7, 11) is 2.23. The van der Waals surface area contributed by atoms with Crippen molar-refractivity contribution in [2.75, 3.05) is 27.0 Å². The molecule has 25 heavy (non-hydrogen) atoms. The van der Waals surface area contributed by atoms with E-state index in [1.807, 2.05) is 0 Å². The first-order chi connectivity index (χ1) is 12.1. The number of benzene rings is 2. The Kier molecular flexibility index (Phi) is 7.90. The molecule has 0 aliphatic rings. The van der Waals surface area contributed by atoms with Crippen LogP contribution in [0.1, 0.15) is 30.5 Å². The summed E-state index contributed by atoms with van der Waals surface area (Å²) >= 11 is 0. The number of hydrogen-bond acceptors (Lipinski definition) is 3. The summed E-state index contributed by atoms with van der Waals surface area (Å²) in [6, 6.07) is 13.0. The highest BCUT2D eigenvalue weighted by Gasteiger charge is 2.13. The van der Waals surface area contributed by atoms with E-state index in [1.54, 1.807) is 7.11 Å². The molecule has 0 bridgehead atoms. The molecule has 0 spiro atoms. The fraction of sp³-hybridized carbons (Fsp3) is 0.429. The summed E-state index contributed by atoms with van der Waals surface area (Å²) in [5, 5.41) is 2.68. The number of ether oxygens (including phenoxy) is 2. The van der Waals surface area contributed by atoms with Gasteiger partial charge in [0.25, 0.3) is 0 Å². The van der Waals surface area contributed by atoms with E-state index in [-0.39, 0.29) is 6.79 Å². The Hall–Kier alpha value is -1.41. The van der Waals surface area contributed by atoms with Gasteiger partial charge < -0.3 is 9.47 Å². The van der Waals surface area contributed by atoms with Gasteiger partial charge in [-0.15, -0.1) is 0 Å². The molecule has 0 fully saturated rings. The second kappa shape index (κ2) is 9.91. The highest BCUT2D eigenvalue weighted by atomic mass is 31.1. The van der Waals surface area contributed by atoms with Gasteiger partial charge in [0.15, 0.2) is 6.79 Å². The van der Waals surface area contributed by atoms with E-state index >= 15 is 0 Å². The normalized spacial score (nSPS) is 11.6. The molecule has 0 aliphatic carbocycles. The second-order valence-corrected chi connectivity index (χ2v) is 7.53. The quantitative estimate of drug-likeness (QED) is 0.503. The van der Waals surface area contributed by atoms with Gasteiger partial charge in [0.05, 0.1) is 0 Å². The van der Waals surface area contributed by atoms with Crippen molar-refractivity contribution in [2.24, 2.45) is 0 Å². The van der Waals surface area contributed by atoms with Gasteiger partial charge in [-0.3, -0.25) is 4.90 Å². The molecule has 2 rings (SSSR count). The molecular weight excluding hydrogens is 329 g/mol. The molecule has 1 atom stereocenters. The van der Waals surface area contributed by atoms with Gasteiger partial charge in [0, 0.05) is 19.0 Å². The maximum Gasteiger partial charge on any atom is 0.188 e. The van der Waals surface area contributed by atoms with Crippen molar-refractivity contribution in [3.63, 3.8) is 0 Å². The number of nitrogens with zero attached hydrogens (tertiary/aromatic N) is 1. The number of aryl methyl sites for hydroxylation is 2. The third-order valence-electron chi connectivity index (χ3n) is 4.37. The minimum Gasteiger partial charge on any atom is -0.467 e. The predicted octanol–water partition coefficient (Wildman–Crippen LogP) is 3.76. The van der Waals surface area contributed by atoms with Crippen LogP contribution in [0.5, 0.6) is 5.75 Å². The Morgan fingerprint density at radius 3 is 2.48 bits per heavy atom. The molecule has 0 aliphatic heterocycles. The van der Waals surface area contributed by atoms with Crippen molar-refractivity contribution < 1.29 is 9.47 Å². The third-order valence-corrected chi connectivity index (χ3v) is 6.00. The van der Waals surface area contributed by atoms with E-state index in [1.165, 1.54) is 27.3 Å². The number of hydrogen-bond donors (Lipinski definition) is 0. The summed E-state index contributed by atoms with van der Waals surface area (Å²) in [5.74, 6) is 0.919. The van der Waals surface area contributed by atoms with Crippen LogP contribution in [0.4, 0.5) is 0 Å². The summed E-state index contributed by atoms with van der Waals surface area (Å²) in [4.78, 5) is 2.46. The van der Waals surface area contributed by atoms with Crippen LogP contribution in [0.25, 0.3) is 0 Å². The van der Waals surface area contributed by atoms with Crippen LogP contribution in [0.3, 0.4) is 0 Å². The topological polar surface area (TPSA) is 21.7 Å². The largest absolute Gasteiger partial charge is 0.467 e. The molecule has 0 amide bonds. The zero-order valence-electron chi connectivity index (χ0n) is 16.1. The number of methoxy groups -OCH3 is 1. The molecule has 0 N–H and O–H groups in total. The molecule has 4 heteroatoms. The SMILES string of the molecule is CCN(CC)Cc1cccc(C)c1Pc1cc(C)ccc1OCOC. The van der Waals surface area contributed by atoms with Gasteiger partial charge in [-0.25, -0.2) is 0 Å². The Morgan fingerprint density at radius 2 is 1.80 bits per heavy atom. The van der Waals surface area contributed by atoms with E-state index in [4.69, 9.17) is 9.47 Å². The molecule has 0 saturated heterocycles. The van der Waals surface area contributed by atoms with E-state index in [9.17, 15) is 0 Å². The molecule has 0 heterocycles. The van der Waals surface area contributed by atoms with Crippen LogP contribution in [0.15, 0.2) is 36.4 Å². The molecule has 0 aromatic heterocycles. The summed E-state index contributed by atoms with van der Waals surface area (Å²) < 4.78 is 10.9. The van der Waals surface area contributed by atoms with Crippen molar-refractivity contribution in [3.05, 3.63) is 53.1 Å². The standard InChI is InChI=1S/C21H30NO2P/c1-6-22(7-2)14-18-10-8-9-17(4)21(18)25-20-13-16(3)11-12-19(20)24-15-23-5/h8-13,25H,6-7,14-15H2,1-5H3. The van der Waals surface area contributed by atoms with E-state index in [2.05, 4.69) is 69.0 Å². The van der Waals surface area contributed by atoms with Gasteiger partial charge in [0.1, 0.15) is 5.75 Å². The average molecular weight is 359 g/mol. The third kappa shape index (κ3) is 5.54. The van der Waals surface area contributed by atoms with Crippen LogP contribution in [0, 0.1) is 13.8 Å². The van der Waals surface area contributed by atoms with Crippen molar-refractivity contribution in [2.45, 2.75) is 34.2 Å². The molecule has 0 saturated carbocycles. The van der Waals surface area contributed by atoms with Crippen LogP contribution in [0.2, 0.25) is 0 Å². The van der Waals surface area contributed by atoms with Gasteiger partial charge in [0.2, 0.25) is 0 Å². The fourth-order valence-electron chi connectivity index (χ4n) is 2.85. The Balaban J connectivity index is 2.35. The fourth-order valence-corrected chi connectivity index (χ4v) is 4.30. The predicted molar refractivity (Wildman–Crippen MR) is 109 cm³/mol. The van der Waals surface area contributed by atoms with Crippen molar-refractivity contribution >= 4 is 19.2 Å². The monoisotopic (exact) mass is 359 g/mol. The van der Waals surface area contributed by atoms with Crippen LogP contribution < -0.4 is 15.3 Å². The molecule has 2 aromatic rings. The van der Waals surface area contributed by atoms with E-state index in [0.29, 0.717) is 8.58 Å². The minimum atomic E-state index is 0.278. The summed E-state index contributed by atoms with van der Waals surface area (Å²) in [6.45, 7) is 12.2. The molecule has 0 radical (unpaired) electrons. The first-order valence-electron chi connectivity index (χ1n) is 8.89.